The molecule has 0 saturated carbocycles. The lowest BCUT2D eigenvalue weighted by atomic mass is 10.3. The first-order chi connectivity index (χ1) is 5.20. The number of hydrogen-bond acceptors (Lipinski definition) is 3. The van der Waals surface area contributed by atoms with E-state index in [2.05, 4.69) is 13.8 Å². The Bertz CT molecular complexity index is 82.2. The van der Waals surface area contributed by atoms with Gasteiger partial charge in [-0.2, -0.15) is 5.06 Å². The van der Waals surface area contributed by atoms with Gasteiger partial charge in [0.25, 0.3) is 0 Å². The number of rotatable bonds is 6. The van der Waals surface area contributed by atoms with Gasteiger partial charge in [0.1, 0.15) is 0 Å². The average Bonchev–Trinajstić information content (AvgIpc) is 1.98. The molecule has 0 unspecified atom stereocenters. The minimum absolute atomic E-state index is 0.241. The van der Waals surface area contributed by atoms with E-state index in [9.17, 15) is 0 Å². The van der Waals surface area contributed by atoms with Crippen LogP contribution >= 0.6 is 0 Å². The molecule has 0 saturated heterocycles. The van der Waals surface area contributed by atoms with E-state index in [0.717, 1.165) is 26.1 Å². The number of hydroxylamine groups is 2. The van der Waals surface area contributed by atoms with Crippen LogP contribution in [0.25, 0.3) is 0 Å². The summed E-state index contributed by atoms with van der Waals surface area (Å²) in [5.74, 6) is 0. The van der Waals surface area contributed by atoms with Crippen LogP contribution in [-0.2, 0) is 4.84 Å². The van der Waals surface area contributed by atoms with Crippen LogP contribution in [0.2, 0.25) is 0 Å². The molecule has 11 heavy (non-hydrogen) atoms. The molecule has 0 radical (unpaired) electrons. The maximum atomic E-state index is 5.56. The normalized spacial score (nSPS) is 13.9. The standard InChI is InChI=1S/C8H20N2O/c1-4-10(5-2)11-7-6-8(3)9/h8H,4-7,9H2,1-3H3/t8-/m1/s1. The zero-order valence-electron chi connectivity index (χ0n) is 7.84. The van der Waals surface area contributed by atoms with Crippen LogP contribution in [0.3, 0.4) is 0 Å². The number of nitrogens with two attached hydrogens (primary N) is 1. The third kappa shape index (κ3) is 6.28. The van der Waals surface area contributed by atoms with Crippen molar-refractivity contribution < 1.29 is 4.84 Å². The number of hydrogen-bond donors (Lipinski definition) is 1. The van der Waals surface area contributed by atoms with Crippen molar-refractivity contribution in [3.63, 3.8) is 0 Å². The Labute approximate surface area is 69.5 Å². The Morgan fingerprint density at radius 3 is 2.27 bits per heavy atom. The van der Waals surface area contributed by atoms with Gasteiger partial charge in [0, 0.05) is 19.1 Å². The third-order valence-corrected chi connectivity index (χ3v) is 1.55. The molecular weight excluding hydrogens is 140 g/mol. The summed E-state index contributed by atoms with van der Waals surface area (Å²) in [5.41, 5.74) is 5.56. The van der Waals surface area contributed by atoms with E-state index < -0.39 is 0 Å². The molecule has 0 aromatic rings. The smallest absolute Gasteiger partial charge is 0.0699 e. The Kier molecular flexibility index (Phi) is 6.51. The third-order valence-electron chi connectivity index (χ3n) is 1.55. The molecular formula is C8H20N2O. The van der Waals surface area contributed by atoms with E-state index in [-0.39, 0.29) is 6.04 Å². The molecule has 3 nitrogen and oxygen atoms in total. The van der Waals surface area contributed by atoms with Crippen LogP contribution in [0.1, 0.15) is 27.2 Å². The highest BCUT2D eigenvalue weighted by atomic mass is 16.7. The second-order valence-electron chi connectivity index (χ2n) is 2.71. The molecule has 0 rings (SSSR count). The van der Waals surface area contributed by atoms with E-state index in [1.54, 1.807) is 0 Å². The summed E-state index contributed by atoms with van der Waals surface area (Å²) in [4.78, 5) is 5.40. The molecule has 0 aliphatic rings. The molecule has 0 amide bonds. The molecule has 68 valence electrons. The van der Waals surface area contributed by atoms with Crippen molar-refractivity contribution in [3.05, 3.63) is 0 Å². The lowest BCUT2D eigenvalue weighted by molar-refractivity contribution is -0.154. The summed E-state index contributed by atoms with van der Waals surface area (Å²) in [5, 5.41) is 1.93. The van der Waals surface area contributed by atoms with Gasteiger partial charge < -0.3 is 5.73 Å². The van der Waals surface area contributed by atoms with Crippen molar-refractivity contribution >= 4 is 0 Å². The molecule has 3 heteroatoms. The summed E-state index contributed by atoms with van der Waals surface area (Å²) in [6.07, 6.45) is 0.927. The van der Waals surface area contributed by atoms with Gasteiger partial charge in [-0.25, -0.2) is 0 Å². The zero-order valence-corrected chi connectivity index (χ0v) is 7.84. The quantitative estimate of drug-likeness (QED) is 0.589. The monoisotopic (exact) mass is 160 g/mol. The largest absolute Gasteiger partial charge is 0.328 e. The van der Waals surface area contributed by atoms with Crippen molar-refractivity contribution in [2.24, 2.45) is 5.73 Å². The van der Waals surface area contributed by atoms with Crippen molar-refractivity contribution in [3.8, 4) is 0 Å². The fourth-order valence-electron chi connectivity index (χ4n) is 0.774. The molecule has 0 aliphatic heterocycles. The second-order valence-corrected chi connectivity index (χ2v) is 2.71. The van der Waals surface area contributed by atoms with Gasteiger partial charge in [0.05, 0.1) is 6.61 Å². The number of nitrogens with zero attached hydrogens (tertiary/aromatic N) is 1. The molecule has 0 fully saturated rings. The first kappa shape index (κ1) is 10.9. The summed E-state index contributed by atoms with van der Waals surface area (Å²) < 4.78 is 0. The maximum absolute atomic E-state index is 5.56. The Hall–Kier alpha value is -0.120. The zero-order chi connectivity index (χ0) is 8.69. The minimum Gasteiger partial charge on any atom is -0.328 e. The highest BCUT2D eigenvalue weighted by molar-refractivity contribution is 4.50. The molecule has 0 aromatic carbocycles. The molecule has 0 bridgehead atoms. The Morgan fingerprint density at radius 2 is 1.91 bits per heavy atom. The van der Waals surface area contributed by atoms with Gasteiger partial charge in [-0.15, -0.1) is 0 Å². The van der Waals surface area contributed by atoms with E-state index >= 15 is 0 Å². The second kappa shape index (κ2) is 6.58. The van der Waals surface area contributed by atoms with Crippen LogP contribution in [0.5, 0.6) is 0 Å². The summed E-state index contributed by atoms with van der Waals surface area (Å²) in [7, 11) is 0. The lowest BCUT2D eigenvalue weighted by Gasteiger charge is -2.18. The predicted molar refractivity (Wildman–Crippen MR) is 47.1 cm³/mol. The first-order valence-corrected chi connectivity index (χ1v) is 4.34. The molecule has 0 spiro atoms. The van der Waals surface area contributed by atoms with Crippen LogP contribution < -0.4 is 5.73 Å². The van der Waals surface area contributed by atoms with Crippen LogP contribution in [0.4, 0.5) is 0 Å². The summed E-state index contributed by atoms with van der Waals surface area (Å²) >= 11 is 0. The SMILES string of the molecule is CCN(CC)OCC[C@@H](C)N. The van der Waals surface area contributed by atoms with Crippen LogP contribution in [0, 0.1) is 0 Å². The first-order valence-electron chi connectivity index (χ1n) is 4.34. The average molecular weight is 160 g/mol. The summed E-state index contributed by atoms with van der Waals surface area (Å²) in [6, 6.07) is 0.241. The van der Waals surface area contributed by atoms with Crippen LogP contribution in [-0.4, -0.2) is 30.8 Å². The molecule has 0 aromatic heterocycles. The molecule has 0 heterocycles. The molecule has 1 atom stereocenters. The molecule has 0 aliphatic carbocycles. The van der Waals surface area contributed by atoms with E-state index in [1.807, 2.05) is 12.0 Å². The van der Waals surface area contributed by atoms with Crippen molar-refractivity contribution in [1.82, 2.24) is 5.06 Å². The van der Waals surface area contributed by atoms with E-state index in [4.69, 9.17) is 10.6 Å². The van der Waals surface area contributed by atoms with E-state index in [0.29, 0.717) is 0 Å². The highest BCUT2D eigenvalue weighted by Crippen LogP contribution is 1.92. The lowest BCUT2D eigenvalue weighted by Crippen LogP contribution is -2.26. The fraction of sp³-hybridized carbons (Fsp3) is 1.00. The summed E-state index contributed by atoms with van der Waals surface area (Å²) in [6.45, 7) is 8.76. The van der Waals surface area contributed by atoms with Gasteiger partial charge in [-0.1, -0.05) is 13.8 Å². The molecule has 2 N–H and O–H groups in total. The van der Waals surface area contributed by atoms with Crippen molar-refractivity contribution in [2.75, 3.05) is 19.7 Å². The predicted octanol–water partition coefficient (Wildman–Crippen LogP) is 0.997. The fourth-order valence-corrected chi connectivity index (χ4v) is 0.774. The maximum Gasteiger partial charge on any atom is 0.0699 e. The van der Waals surface area contributed by atoms with Crippen LogP contribution in [0.15, 0.2) is 0 Å². The van der Waals surface area contributed by atoms with Gasteiger partial charge in [-0.05, 0) is 13.3 Å². The Balaban J connectivity index is 3.21. The van der Waals surface area contributed by atoms with E-state index in [1.165, 1.54) is 0 Å². The topological polar surface area (TPSA) is 38.5 Å². The van der Waals surface area contributed by atoms with Crippen molar-refractivity contribution in [2.45, 2.75) is 33.2 Å². The highest BCUT2D eigenvalue weighted by Gasteiger charge is 1.99. The minimum atomic E-state index is 0.241. The van der Waals surface area contributed by atoms with Gasteiger partial charge >= 0.3 is 0 Å². The van der Waals surface area contributed by atoms with Gasteiger partial charge in [0.15, 0.2) is 0 Å². The van der Waals surface area contributed by atoms with Crippen molar-refractivity contribution in [1.29, 1.82) is 0 Å². The van der Waals surface area contributed by atoms with Gasteiger partial charge in [-0.3, -0.25) is 4.84 Å². The van der Waals surface area contributed by atoms with Gasteiger partial charge in [0.2, 0.25) is 0 Å². The Morgan fingerprint density at radius 1 is 1.36 bits per heavy atom.